The van der Waals surface area contributed by atoms with Crippen LogP contribution in [0.15, 0.2) is 54.1 Å². The molecule has 0 aromatic heterocycles. The lowest BCUT2D eigenvalue weighted by Gasteiger charge is -2.14. The molecule has 1 aliphatic rings. The second-order valence-electron chi connectivity index (χ2n) is 5.95. The summed E-state index contributed by atoms with van der Waals surface area (Å²) in [6.07, 6.45) is 0.619. The van der Waals surface area contributed by atoms with Crippen molar-refractivity contribution >= 4 is 41.1 Å². The maximum Gasteiger partial charge on any atom is 0.346 e. The Hall–Kier alpha value is -3.32. The van der Waals surface area contributed by atoms with Crippen LogP contribution in [-0.4, -0.2) is 31.0 Å². The summed E-state index contributed by atoms with van der Waals surface area (Å²) >= 11 is 6.20. The van der Waals surface area contributed by atoms with Crippen molar-refractivity contribution in [3.63, 3.8) is 0 Å². The van der Waals surface area contributed by atoms with Crippen LogP contribution in [0.5, 0.6) is 5.75 Å². The number of benzene rings is 2. The van der Waals surface area contributed by atoms with Gasteiger partial charge in [0.1, 0.15) is 11.3 Å². The first kappa shape index (κ1) is 19.4. The van der Waals surface area contributed by atoms with Crippen LogP contribution in [0, 0.1) is 0 Å². The number of halogens is 1. The molecule has 0 bridgehead atoms. The van der Waals surface area contributed by atoms with Crippen molar-refractivity contribution in [3.05, 3.63) is 64.7 Å². The first-order chi connectivity index (χ1) is 13.4. The third kappa shape index (κ3) is 3.99. The van der Waals surface area contributed by atoms with Crippen LogP contribution in [0.2, 0.25) is 5.02 Å². The molecule has 1 N–H and O–H groups in total. The number of amides is 2. The fourth-order valence-corrected chi connectivity index (χ4v) is 2.82. The first-order valence-corrected chi connectivity index (χ1v) is 8.74. The molecule has 1 atom stereocenters. The van der Waals surface area contributed by atoms with Crippen molar-refractivity contribution in [2.45, 2.75) is 13.0 Å². The van der Waals surface area contributed by atoms with E-state index in [2.05, 4.69) is 10.2 Å². The highest BCUT2D eigenvalue weighted by Crippen LogP contribution is 2.28. The van der Waals surface area contributed by atoms with Gasteiger partial charge in [-0.05, 0) is 42.8 Å². The maximum atomic E-state index is 12.6. The Kier molecular flexibility index (Phi) is 5.65. The number of nitrogens with one attached hydrogen (secondary N) is 1. The molecule has 0 radical (unpaired) electrons. The van der Waals surface area contributed by atoms with Crippen molar-refractivity contribution in [2.75, 3.05) is 12.1 Å². The van der Waals surface area contributed by atoms with Gasteiger partial charge in [0.15, 0.2) is 6.10 Å². The summed E-state index contributed by atoms with van der Waals surface area (Å²) in [5.41, 5.74) is 3.61. The minimum absolute atomic E-state index is 0.0171. The number of carbonyl (C=O) groups excluding carboxylic acids is 3. The Balaban J connectivity index is 1.81. The van der Waals surface area contributed by atoms with E-state index < -0.39 is 23.9 Å². The van der Waals surface area contributed by atoms with Gasteiger partial charge in [-0.25, -0.2) is 9.80 Å². The Bertz CT molecular complexity index is 958. The van der Waals surface area contributed by atoms with Crippen molar-refractivity contribution in [1.82, 2.24) is 5.43 Å². The van der Waals surface area contributed by atoms with Crippen molar-refractivity contribution in [1.29, 1.82) is 0 Å². The van der Waals surface area contributed by atoms with E-state index in [9.17, 15) is 14.4 Å². The number of rotatable bonds is 5. The lowest BCUT2D eigenvalue weighted by Crippen LogP contribution is -2.35. The van der Waals surface area contributed by atoms with E-state index in [4.69, 9.17) is 16.3 Å². The third-order valence-corrected chi connectivity index (χ3v) is 4.31. The van der Waals surface area contributed by atoms with Crippen LogP contribution < -0.4 is 15.2 Å². The van der Waals surface area contributed by atoms with Crippen LogP contribution in [0.3, 0.4) is 0 Å². The van der Waals surface area contributed by atoms with Crippen molar-refractivity contribution < 1.29 is 23.9 Å². The van der Waals surface area contributed by atoms with Crippen LogP contribution in [0.4, 0.5) is 5.69 Å². The van der Waals surface area contributed by atoms with Gasteiger partial charge in [-0.15, -0.1) is 0 Å². The molecule has 1 unspecified atom stereocenters. The zero-order chi connectivity index (χ0) is 20.3. The topological polar surface area (TPSA) is 84.9 Å². The van der Waals surface area contributed by atoms with E-state index in [-0.39, 0.29) is 16.3 Å². The van der Waals surface area contributed by atoms with E-state index in [0.29, 0.717) is 11.3 Å². The minimum atomic E-state index is -0.826. The van der Waals surface area contributed by atoms with E-state index in [1.54, 1.807) is 42.5 Å². The largest absolute Gasteiger partial charge is 0.477 e. The maximum absolute atomic E-state index is 12.6. The molecule has 28 heavy (non-hydrogen) atoms. The summed E-state index contributed by atoms with van der Waals surface area (Å²) in [4.78, 5) is 36.3. The Morgan fingerprint density at radius 3 is 2.54 bits per heavy atom. The molecule has 0 aliphatic carbocycles. The monoisotopic (exact) mass is 400 g/mol. The van der Waals surface area contributed by atoms with E-state index >= 15 is 0 Å². The number of hydrogen-bond acceptors (Lipinski definition) is 5. The summed E-state index contributed by atoms with van der Waals surface area (Å²) in [7, 11) is 1.27. The van der Waals surface area contributed by atoms with Crippen LogP contribution in [0.25, 0.3) is 6.08 Å². The Labute approximate surface area is 166 Å². The number of hydrogen-bond donors (Lipinski definition) is 1. The molecule has 2 aromatic rings. The molecule has 0 saturated carbocycles. The summed E-state index contributed by atoms with van der Waals surface area (Å²) in [6.45, 7) is 1.54. The summed E-state index contributed by atoms with van der Waals surface area (Å²) in [5, 5.41) is 1.42. The second kappa shape index (κ2) is 8.14. The number of hydrazine groups is 1. The Morgan fingerprint density at radius 1 is 1.18 bits per heavy atom. The van der Waals surface area contributed by atoms with Gasteiger partial charge < -0.3 is 9.47 Å². The SMILES string of the molecule is COC(=O)C(C)Oc1ccc(C=C2C(=O)NN(c3ccccc3)C2=O)cc1Cl. The molecule has 2 aromatic carbocycles. The van der Waals surface area contributed by atoms with Crippen LogP contribution >= 0.6 is 11.6 Å². The van der Waals surface area contributed by atoms with Gasteiger partial charge in [-0.1, -0.05) is 35.9 Å². The standard InChI is InChI=1S/C20H17ClN2O5/c1-12(20(26)27-2)28-17-9-8-13(11-16(17)21)10-15-18(24)22-23(19(15)25)14-6-4-3-5-7-14/h3-12H,1-2H3,(H,22,24). The fraction of sp³-hybridized carbons (Fsp3) is 0.150. The molecule has 1 saturated heterocycles. The summed E-state index contributed by atoms with van der Waals surface area (Å²) < 4.78 is 10.1. The van der Waals surface area contributed by atoms with E-state index in [0.717, 1.165) is 0 Å². The van der Waals surface area contributed by atoms with Crippen LogP contribution in [-0.2, 0) is 19.1 Å². The molecule has 3 rings (SSSR count). The Morgan fingerprint density at radius 2 is 1.89 bits per heavy atom. The van der Waals surface area contributed by atoms with Gasteiger partial charge in [0.25, 0.3) is 11.8 Å². The molecule has 2 amide bonds. The van der Waals surface area contributed by atoms with Crippen molar-refractivity contribution in [2.24, 2.45) is 0 Å². The zero-order valence-electron chi connectivity index (χ0n) is 15.1. The molecule has 7 nitrogen and oxygen atoms in total. The second-order valence-corrected chi connectivity index (χ2v) is 6.36. The van der Waals surface area contributed by atoms with Gasteiger partial charge in [-0.3, -0.25) is 15.0 Å². The molecule has 144 valence electrons. The van der Waals surface area contributed by atoms with E-state index in [1.165, 1.54) is 25.1 Å². The predicted molar refractivity (Wildman–Crippen MR) is 104 cm³/mol. The first-order valence-electron chi connectivity index (χ1n) is 8.37. The van der Waals surface area contributed by atoms with Crippen LogP contribution in [0.1, 0.15) is 12.5 Å². The number of methoxy groups -OCH3 is 1. The summed E-state index contributed by atoms with van der Waals surface area (Å²) in [6, 6.07) is 13.5. The molecule has 0 spiro atoms. The molecule has 8 heteroatoms. The van der Waals surface area contributed by atoms with Gasteiger partial charge in [0.05, 0.1) is 17.8 Å². The number of esters is 1. The summed E-state index contributed by atoms with van der Waals surface area (Å²) in [5.74, 6) is -1.22. The fourth-order valence-electron chi connectivity index (χ4n) is 2.59. The smallest absolute Gasteiger partial charge is 0.346 e. The molecule has 1 heterocycles. The van der Waals surface area contributed by atoms with Gasteiger partial charge in [0, 0.05) is 0 Å². The normalized spacial score (nSPS) is 16.1. The molecular weight excluding hydrogens is 384 g/mol. The lowest BCUT2D eigenvalue weighted by molar-refractivity contribution is -0.147. The minimum Gasteiger partial charge on any atom is -0.477 e. The molecular formula is C20H17ClN2O5. The molecule has 1 aliphatic heterocycles. The zero-order valence-corrected chi connectivity index (χ0v) is 15.9. The number of nitrogens with zero attached hydrogens (tertiary/aromatic N) is 1. The van der Waals surface area contributed by atoms with Gasteiger partial charge in [-0.2, -0.15) is 0 Å². The highest BCUT2D eigenvalue weighted by Gasteiger charge is 2.34. The number of anilines is 1. The van der Waals surface area contributed by atoms with E-state index in [1.807, 2.05) is 6.07 Å². The number of para-hydroxylation sites is 1. The molecule has 1 fully saturated rings. The quantitative estimate of drug-likeness (QED) is 0.474. The average Bonchev–Trinajstić information content (AvgIpc) is 2.98. The number of ether oxygens (including phenoxy) is 2. The third-order valence-electron chi connectivity index (χ3n) is 4.01. The van der Waals surface area contributed by atoms with Crippen molar-refractivity contribution in [3.8, 4) is 5.75 Å². The van der Waals surface area contributed by atoms with Gasteiger partial charge >= 0.3 is 5.97 Å². The number of carbonyl (C=O) groups is 3. The average molecular weight is 401 g/mol. The predicted octanol–water partition coefficient (Wildman–Crippen LogP) is 2.74. The van der Waals surface area contributed by atoms with Gasteiger partial charge in [0.2, 0.25) is 0 Å². The highest BCUT2D eigenvalue weighted by atomic mass is 35.5. The highest BCUT2D eigenvalue weighted by molar-refractivity contribution is 6.33. The lowest BCUT2D eigenvalue weighted by atomic mass is 10.1.